The highest BCUT2D eigenvalue weighted by Gasteiger charge is 2.32. The quantitative estimate of drug-likeness (QED) is 0.395. The Balaban J connectivity index is 1.62. The summed E-state index contributed by atoms with van der Waals surface area (Å²) >= 11 is 0. The van der Waals surface area contributed by atoms with Gasteiger partial charge in [0.2, 0.25) is 0 Å². The third kappa shape index (κ3) is 4.48. The smallest absolute Gasteiger partial charge is 0.373 e. The van der Waals surface area contributed by atoms with Gasteiger partial charge in [0.05, 0.1) is 22.7 Å². The van der Waals surface area contributed by atoms with Gasteiger partial charge in [-0.3, -0.25) is 24.3 Å². The van der Waals surface area contributed by atoms with E-state index in [0.29, 0.717) is 36.4 Å². The van der Waals surface area contributed by atoms with E-state index in [2.05, 4.69) is 15.0 Å². The molecule has 186 valence electrons. The SMILES string of the molecule is Cc1cc([C@H]2C[C@H](c3cc4nc(C)n(C)c(=O)c4c(-c4ccc(C(F)(F)F)nc4)n3)CCO2)ccn1. The zero-order valence-electron chi connectivity index (χ0n) is 20.0. The Hall–Kier alpha value is -3.66. The van der Waals surface area contributed by atoms with E-state index in [9.17, 15) is 18.0 Å². The van der Waals surface area contributed by atoms with Gasteiger partial charge < -0.3 is 4.74 Å². The normalized spacial score (nSPS) is 18.5. The molecule has 0 aromatic carbocycles. The molecule has 7 nitrogen and oxygen atoms in total. The summed E-state index contributed by atoms with van der Waals surface area (Å²) in [7, 11) is 1.60. The zero-order valence-corrected chi connectivity index (χ0v) is 20.0. The maximum absolute atomic E-state index is 13.2. The molecule has 0 radical (unpaired) electrons. The van der Waals surface area contributed by atoms with Crippen molar-refractivity contribution in [3.05, 3.63) is 81.5 Å². The summed E-state index contributed by atoms with van der Waals surface area (Å²) in [6, 6.07) is 7.94. The van der Waals surface area contributed by atoms with Crippen LogP contribution in [0.5, 0.6) is 0 Å². The van der Waals surface area contributed by atoms with Crippen LogP contribution >= 0.6 is 0 Å². The lowest BCUT2D eigenvalue weighted by Crippen LogP contribution is -2.23. The van der Waals surface area contributed by atoms with Gasteiger partial charge in [0, 0.05) is 48.9 Å². The number of aryl methyl sites for hydroxylation is 2. The number of hydrogen-bond acceptors (Lipinski definition) is 6. The van der Waals surface area contributed by atoms with Crippen molar-refractivity contribution in [2.24, 2.45) is 7.05 Å². The number of hydrogen-bond donors (Lipinski definition) is 0. The number of aromatic nitrogens is 5. The monoisotopic (exact) mass is 495 g/mol. The highest BCUT2D eigenvalue weighted by Crippen LogP contribution is 2.39. The molecule has 0 aliphatic carbocycles. The van der Waals surface area contributed by atoms with Crippen LogP contribution in [0, 0.1) is 13.8 Å². The van der Waals surface area contributed by atoms with Gasteiger partial charge in [-0.05, 0) is 62.6 Å². The Morgan fingerprint density at radius 1 is 1.08 bits per heavy atom. The fraction of sp³-hybridized carbons (Fsp3) is 0.346. The number of pyridine rings is 3. The van der Waals surface area contributed by atoms with E-state index in [4.69, 9.17) is 9.72 Å². The van der Waals surface area contributed by atoms with Gasteiger partial charge in [0.15, 0.2) is 0 Å². The Morgan fingerprint density at radius 3 is 2.58 bits per heavy atom. The first kappa shape index (κ1) is 24.1. The van der Waals surface area contributed by atoms with Crippen molar-refractivity contribution in [2.45, 2.75) is 44.9 Å². The van der Waals surface area contributed by atoms with Crippen molar-refractivity contribution < 1.29 is 17.9 Å². The van der Waals surface area contributed by atoms with Gasteiger partial charge in [-0.1, -0.05) is 0 Å². The first-order valence-electron chi connectivity index (χ1n) is 11.6. The first-order chi connectivity index (χ1) is 17.1. The van der Waals surface area contributed by atoms with E-state index in [1.807, 2.05) is 25.1 Å². The predicted octanol–water partition coefficient (Wildman–Crippen LogP) is 5.06. The Labute approximate surface area is 205 Å². The molecule has 1 fully saturated rings. The number of rotatable bonds is 3. The van der Waals surface area contributed by atoms with E-state index >= 15 is 0 Å². The summed E-state index contributed by atoms with van der Waals surface area (Å²) in [4.78, 5) is 30.4. The molecule has 1 aliphatic heterocycles. The lowest BCUT2D eigenvalue weighted by Gasteiger charge is -2.30. The minimum Gasteiger partial charge on any atom is -0.373 e. The van der Waals surface area contributed by atoms with Crippen LogP contribution in [0.3, 0.4) is 0 Å². The average molecular weight is 496 g/mol. The molecule has 0 bridgehead atoms. The first-order valence-corrected chi connectivity index (χ1v) is 11.6. The van der Waals surface area contributed by atoms with Crippen molar-refractivity contribution >= 4 is 10.9 Å². The summed E-state index contributed by atoms with van der Waals surface area (Å²) in [5, 5.41) is 0.252. The molecule has 10 heteroatoms. The highest BCUT2D eigenvalue weighted by molar-refractivity contribution is 5.92. The molecule has 4 aromatic rings. The molecule has 36 heavy (non-hydrogen) atoms. The second kappa shape index (κ2) is 9.09. The van der Waals surface area contributed by atoms with E-state index in [0.717, 1.165) is 29.2 Å². The molecule has 1 saturated heterocycles. The number of halogens is 3. The topological polar surface area (TPSA) is 82.8 Å². The van der Waals surface area contributed by atoms with Crippen LogP contribution in [-0.4, -0.2) is 31.1 Å². The van der Waals surface area contributed by atoms with Gasteiger partial charge in [-0.2, -0.15) is 13.2 Å². The molecule has 0 N–H and O–H groups in total. The minimum atomic E-state index is -4.56. The second-order valence-corrected chi connectivity index (χ2v) is 9.05. The minimum absolute atomic E-state index is 0.00828. The van der Waals surface area contributed by atoms with E-state index in [-0.39, 0.29) is 28.7 Å². The molecule has 5 rings (SSSR count). The lowest BCUT2D eigenvalue weighted by molar-refractivity contribution is -0.141. The van der Waals surface area contributed by atoms with Gasteiger partial charge in [-0.15, -0.1) is 0 Å². The molecule has 0 amide bonds. The maximum atomic E-state index is 13.2. The van der Waals surface area contributed by atoms with Crippen LogP contribution in [0.25, 0.3) is 22.2 Å². The van der Waals surface area contributed by atoms with Gasteiger partial charge in [0.25, 0.3) is 5.56 Å². The Morgan fingerprint density at radius 2 is 1.89 bits per heavy atom. The number of fused-ring (bicyclic) bond motifs is 1. The van der Waals surface area contributed by atoms with E-state index in [1.54, 1.807) is 20.2 Å². The second-order valence-electron chi connectivity index (χ2n) is 9.05. The summed E-state index contributed by atoms with van der Waals surface area (Å²) in [5.41, 5.74) is 2.38. The van der Waals surface area contributed by atoms with Gasteiger partial charge in [-0.25, -0.2) is 4.98 Å². The fourth-order valence-electron chi connectivity index (χ4n) is 4.60. The van der Waals surface area contributed by atoms with Crippen molar-refractivity contribution in [1.82, 2.24) is 24.5 Å². The molecule has 2 atom stereocenters. The van der Waals surface area contributed by atoms with Crippen LogP contribution in [-0.2, 0) is 18.0 Å². The van der Waals surface area contributed by atoms with E-state index < -0.39 is 11.9 Å². The highest BCUT2D eigenvalue weighted by atomic mass is 19.4. The average Bonchev–Trinajstić information content (AvgIpc) is 2.86. The molecular formula is C26H24F3N5O2. The molecular weight excluding hydrogens is 471 g/mol. The van der Waals surface area contributed by atoms with E-state index in [1.165, 1.54) is 10.6 Å². The molecule has 0 spiro atoms. The Kier molecular flexibility index (Phi) is 6.07. The predicted molar refractivity (Wildman–Crippen MR) is 127 cm³/mol. The van der Waals surface area contributed by atoms with Gasteiger partial charge >= 0.3 is 6.18 Å². The van der Waals surface area contributed by atoms with Gasteiger partial charge in [0.1, 0.15) is 11.5 Å². The molecule has 4 aromatic heterocycles. The largest absolute Gasteiger partial charge is 0.433 e. The number of nitrogens with zero attached hydrogens (tertiary/aromatic N) is 5. The van der Waals surface area contributed by atoms with Crippen LogP contribution in [0.4, 0.5) is 13.2 Å². The third-order valence-electron chi connectivity index (χ3n) is 6.63. The summed E-state index contributed by atoms with van der Waals surface area (Å²) < 4.78 is 46.7. The fourth-order valence-corrected chi connectivity index (χ4v) is 4.60. The van der Waals surface area contributed by atoms with Crippen molar-refractivity contribution in [2.75, 3.05) is 6.61 Å². The van der Waals surface area contributed by atoms with Crippen molar-refractivity contribution in [1.29, 1.82) is 0 Å². The van der Waals surface area contributed by atoms with Crippen LogP contribution in [0.2, 0.25) is 0 Å². The molecule has 0 saturated carbocycles. The molecule has 0 unspecified atom stereocenters. The number of alkyl halides is 3. The van der Waals surface area contributed by atoms with Crippen LogP contribution in [0.15, 0.2) is 47.5 Å². The standard InChI is InChI=1S/C26H24F3N5O2/c1-14-10-17(6-8-30-14)21-11-16(7-9-36-21)19-12-20-23(25(35)34(3)15(2)32-20)24(33-19)18-4-5-22(31-13-18)26(27,28)29/h4-6,8,10,12-13,16,21H,7,9,11H2,1-3H3/t16-,21-/m1/s1. The van der Waals surface area contributed by atoms with Crippen molar-refractivity contribution in [3.63, 3.8) is 0 Å². The summed E-state index contributed by atoms with van der Waals surface area (Å²) in [6.07, 6.45) is -0.459. The molecule has 1 aliphatic rings. The third-order valence-corrected chi connectivity index (χ3v) is 6.63. The summed E-state index contributed by atoms with van der Waals surface area (Å²) in [6.45, 7) is 4.18. The molecule has 5 heterocycles. The number of ether oxygens (including phenoxy) is 1. The Bertz CT molecular complexity index is 1500. The summed E-state index contributed by atoms with van der Waals surface area (Å²) in [5.74, 6) is 0.534. The van der Waals surface area contributed by atoms with Crippen LogP contribution in [0.1, 0.15) is 53.3 Å². The van der Waals surface area contributed by atoms with Crippen LogP contribution < -0.4 is 5.56 Å². The maximum Gasteiger partial charge on any atom is 0.433 e. The van der Waals surface area contributed by atoms with Crippen molar-refractivity contribution in [3.8, 4) is 11.3 Å². The lowest BCUT2D eigenvalue weighted by atomic mass is 9.88. The zero-order chi connectivity index (χ0) is 25.6.